The number of guanidine groups is 1. The second-order valence-corrected chi connectivity index (χ2v) is 5.34. The lowest BCUT2D eigenvalue weighted by Crippen LogP contribution is -2.37. The molecule has 0 saturated heterocycles. The van der Waals surface area contributed by atoms with Gasteiger partial charge in [-0.15, -0.1) is 24.0 Å². The van der Waals surface area contributed by atoms with Gasteiger partial charge in [0.05, 0.1) is 33.4 Å². The average molecular weight is 465 g/mol. The predicted molar refractivity (Wildman–Crippen MR) is 114 cm³/mol. The van der Waals surface area contributed by atoms with Crippen LogP contribution in [0.15, 0.2) is 17.1 Å². The maximum atomic E-state index is 5.47. The Hall–Kier alpha value is -1.38. The minimum atomic E-state index is 0. The van der Waals surface area contributed by atoms with E-state index in [9.17, 15) is 0 Å². The molecule has 0 spiro atoms. The first-order valence-corrected chi connectivity index (χ1v) is 8.51. The third-order valence-corrected chi connectivity index (χ3v) is 3.63. The zero-order chi connectivity index (χ0) is 17.8. The van der Waals surface area contributed by atoms with Crippen molar-refractivity contribution >= 4 is 29.9 Å². The molecule has 1 aromatic carbocycles. The number of hydrogen-bond acceptors (Lipinski definition) is 4. The normalized spacial score (nSPS) is 10.7. The van der Waals surface area contributed by atoms with Crippen LogP contribution in [-0.4, -0.2) is 40.4 Å². The molecule has 0 heterocycles. The van der Waals surface area contributed by atoms with E-state index >= 15 is 0 Å². The van der Waals surface area contributed by atoms with Crippen molar-refractivity contribution < 1.29 is 14.2 Å². The summed E-state index contributed by atoms with van der Waals surface area (Å²) in [6.45, 7) is 6.44. The molecule has 0 aliphatic carbocycles. The van der Waals surface area contributed by atoms with Gasteiger partial charge in [-0.2, -0.15) is 0 Å². The number of halogens is 1. The van der Waals surface area contributed by atoms with Crippen molar-refractivity contribution in [2.45, 2.75) is 39.7 Å². The summed E-state index contributed by atoms with van der Waals surface area (Å²) >= 11 is 0. The molecule has 1 aromatic rings. The van der Waals surface area contributed by atoms with E-state index in [-0.39, 0.29) is 24.0 Å². The van der Waals surface area contributed by atoms with Gasteiger partial charge < -0.3 is 24.8 Å². The Labute approximate surface area is 168 Å². The van der Waals surface area contributed by atoms with Crippen LogP contribution < -0.4 is 24.8 Å². The number of rotatable bonds is 10. The molecular formula is C18H32IN3O3. The summed E-state index contributed by atoms with van der Waals surface area (Å²) in [6.07, 6.45) is 3.55. The molecule has 144 valence electrons. The predicted octanol–water partition coefficient (Wildman–Crippen LogP) is 3.58. The third kappa shape index (κ3) is 8.02. The summed E-state index contributed by atoms with van der Waals surface area (Å²) in [6, 6.07) is 3.68. The summed E-state index contributed by atoms with van der Waals surface area (Å²) in [5.41, 5.74) is 0.895. The van der Waals surface area contributed by atoms with Gasteiger partial charge >= 0.3 is 0 Å². The average Bonchev–Trinajstić information content (AvgIpc) is 2.62. The van der Waals surface area contributed by atoms with Gasteiger partial charge in [0.25, 0.3) is 0 Å². The molecule has 0 fully saturated rings. The summed E-state index contributed by atoms with van der Waals surface area (Å²) in [5.74, 6) is 2.91. The Morgan fingerprint density at radius 1 is 0.960 bits per heavy atom. The third-order valence-electron chi connectivity index (χ3n) is 3.63. The lowest BCUT2D eigenvalue weighted by molar-refractivity contribution is 0.369. The maximum Gasteiger partial charge on any atom is 0.191 e. The van der Waals surface area contributed by atoms with Crippen molar-refractivity contribution in [1.29, 1.82) is 0 Å². The van der Waals surface area contributed by atoms with Crippen LogP contribution in [0, 0.1) is 0 Å². The van der Waals surface area contributed by atoms with Crippen molar-refractivity contribution in [2.24, 2.45) is 4.99 Å². The Bertz CT molecular complexity index is 499. The van der Waals surface area contributed by atoms with Crippen LogP contribution in [-0.2, 0) is 6.54 Å². The minimum Gasteiger partial charge on any atom is -0.496 e. The van der Waals surface area contributed by atoms with Crippen LogP contribution in [0.25, 0.3) is 0 Å². The summed E-state index contributed by atoms with van der Waals surface area (Å²) in [7, 11) is 4.89. The number of nitrogens with one attached hydrogen (secondary N) is 2. The highest BCUT2D eigenvalue weighted by Crippen LogP contribution is 2.34. The molecule has 0 atom stereocenters. The second kappa shape index (κ2) is 13.9. The van der Waals surface area contributed by atoms with E-state index in [1.165, 1.54) is 12.8 Å². The fourth-order valence-corrected chi connectivity index (χ4v) is 2.32. The summed E-state index contributed by atoms with van der Waals surface area (Å²) < 4.78 is 16.2. The molecule has 2 N–H and O–H groups in total. The van der Waals surface area contributed by atoms with Crippen LogP contribution in [0.3, 0.4) is 0 Å². The van der Waals surface area contributed by atoms with Crippen LogP contribution in [0.1, 0.15) is 38.7 Å². The lowest BCUT2D eigenvalue weighted by Gasteiger charge is -2.15. The molecule has 0 aliphatic heterocycles. The smallest absolute Gasteiger partial charge is 0.191 e. The number of hydrogen-bond donors (Lipinski definition) is 2. The van der Waals surface area contributed by atoms with Crippen LogP contribution in [0.2, 0.25) is 0 Å². The number of ether oxygens (including phenoxy) is 3. The van der Waals surface area contributed by atoms with Gasteiger partial charge in [0, 0.05) is 25.2 Å². The zero-order valence-corrected chi connectivity index (χ0v) is 18.3. The molecule has 6 nitrogen and oxygen atoms in total. The van der Waals surface area contributed by atoms with E-state index in [1.807, 2.05) is 12.1 Å². The number of unbranched alkanes of at least 4 members (excludes halogenated alkanes) is 2. The van der Waals surface area contributed by atoms with Gasteiger partial charge in [0.2, 0.25) is 0 Å². The Morgan fingerprint density at radius 2 is 1.60 bits per heavy atom. The second-order valence-electron chi connectivity index (χ2n) is 5.34. The van der Waals surface area contributed by atoms with Crippen molar-refractivity contribution in [1.82, 2.24) is 10.6 Å². The van der Waals surface area contributed by atoms with Gasteiger partial charge in [0.1, 0.15) is 17.2 Å². The Kier molecular flexibility index (Phi) is 13.1. The highest BCUT2D eigenvalue weighted by molar-refractivity contribution is 14.0. The largest absolute Gasteiger partial charge is 0.496 e. The van der Waals surface area contributed by atoms with Crippen molar-refractivity contribution in [3.05, 3.63) is 17.7 Å². The molecule has 25 heavy (non-hydrogen) atoms. The Balaban J connectivity index is 0.00000576. The van der Waals surface area contributed by atoms with E-state index < -0.39 is 0 Å². The SMILES string of the molecule is CCCCCNC(=NCc1c(OC)cc(OC)cc1OC)NCC.I. The molecule has 0 radical (unpaired) electrons. The lowest BCUT2D eigenvalue weighted by atomic mass is 10.1. The van der Waals surface area contributed by atoms with Crippen LogP contribution in [0.5, 0.6) is 17.2 Å². The number of benzene rings is 1. The first-order chi connectivity index (χ1) is 11.7. The summed E-state index contributed by atoms with van der Waals surface area (Å²) in [5, 5.41) is 6.62. The molecular weight excluding hydrogens is 433 g/mol. The van der Waals surface area contributed by atoms with Gasteiger partial charge in [0.15, 0.2) is 5.96 Å². The molecule has 0 unspecified atom stereocenters. The standard InChI is InChI=1S/C18H31N3O3.HI/c1-6-8-9-10-20-18(19-7-2)21-13-15-16(23-4)11-14(22-3)12-17(15)24-5;/h11-12H,6-10,13H2,1-5H3,(H2,19,20,21);1H. The highest BCUT2D eigenvalue weighted by atomic mass is 127. The van der Waals surface area contributed by atoms with Crippen molar-refractivity contribution in [3.63, 3.8) is 0 Å². The first-order valence-electron chi connectivity index (χ1n) is 8.51. The van der Waals surface area contributed by atoms with Crippen molar-refractivity contribution in [3.8, 4) is 17.2 Å². The van der Waals surface area contributed by atoms with Crippen molar-refractivity contribution in [2.75, 3.05) is 34.4 Å². The van der Waals surface area contributed by atoms with E-state index in [0.29, 0.717) is 23.8 Å². The molecule has 7 heteroatoms. The van der Waals surface area contributed by atoms with E-state index in [4.69, 9.17) is 14.2 Å². The number of methoxy groups -OCH3 is 3. The van der Waals surface area contributed by atoms with Gasteiger partial charge in [-0.3, -0.25) is 0 Å². The van der Waals surface area contributed by atoms with Gasteiger partial charge in [-0.1, -0.05) is 19.8 Å². The van der Waals surface area contributed by atoms with Crippen LogP contribution >= 0.6 is 24.0 Å². The fourth-order valence-electron chi connectivity index (χ4n) is 2.32. The zero-order valence-electron chi connectivity index (χ0n) is 16.0. The highest BCUT2D eigenvalue weighted by Gasteiger charge is 2.13. The monoisotopic (exact) mass is 465 g/mol. The van der Waals surface area contributed by atoms with E-state index in [2.05, 4.69) is 29.5 Å². The quantitative estimate of drug-likeness (QED) is 0.240. The Morgan fingerprint density at radius 3 is 2.08 bits per heavy atom. The van der Waals surface area contributed by atoms with E-state index in [1.54, 1.807) is 21.3 Å². The minimum absolute atomic E-state index is 0. The fraction of sp³-hybridized carbons (Fsp3) is 0.611. The first kappa shape index (κ1) is 23.6. The molecule has 1 rings (SSSR count). The molecule has 0 bridgehead atoms. The topological polar surface area (TPSA) is 64.1 Å². The number of aliphatic imine (C=N–C) groups is 1. The van der Waals surface area contributed by atoms with E-state index in [0.717, 1.165) is 31.0 Å². The maximum absolute atomic E-state index is 5.47. The van der Waals surface area contributed by atoms with Gasteiger partial charge in [-0.05, 0) is 13.3 Å². The number of nitrogens with zero attached hydrogens (tertiary/aromatic N) is 1. The summed E-state index contributed by atoms with van der Waals surface area (Å²) in [4.78, 5) is 4.65. The molecule has 0 aliphatic rings. The van der Waals surface area contributed by atoms with Gasteiger partial charge in [-0.25, -0.2) is 4.99 Å². The molecule has 0 aromatic heterocycles. The molecule has 0 amide bonds. The van der Waals surface area contributed by atoms with Crippen LogP contribution in [0.4, 0.5) is 0 Å². The molecule has 0 saturated carbocycles.